The first kappa shape index (κ1) is 14.1. The van der Waals surface area contributed by atoms with Gasteiger partial charge in [-0.2, -0.15) is 4.98 Å². The fourth-order valence-corrected chi connectivity index (χ4v) is 2.83. The van der Waals surface area contributed by atoms with E-state index in [1.807, 2.05) is 6.92 Å². The molecule has 1 saturated carbocycles. The standard InChI is InChI=1S/C15H25N3O/c1-3-5-12-6-8-13(9-7-12)17-15-16-11-10-14(18-15)19-4-2/h10-13H,3-9H2,1-2H3,(H,16,17,18). The Morgan fingerprint density at radius 1 is 1.26 bits per heavy atom. The molecule has 19 heavy (non-hydrogen) atoms. The summed E-state index contributed by atoms with van der Waals surface area (Å²) in [5.41, 5.74) is 0. The van der Waals surface area contributed by atoms with Crippen molar-refractivity contribution >= 4 is 5.95 Å². The molecule has 1 aromatic rings. The third-order valence-electron chi connectivity index (χ3n) is 3.80. The molecule has 4 heteroatoms. The molecule has 1 fully saturated rings. The van der Waals surface area contributed by atoms with E-state index in [1.165, 1.54) is 38.5 Å². The molecule has 1 N–H and O–H groups in total. The number of anilines is 1. The van der Waals surface area contributed by atoms with E-state index in [4.69, 9.17) is 4.74 Å². The number of aromatic nitrogens is 2. The molecule has 0 radical (unpaired) electrons. The minimum atomic E-state index is 0.519. The fraction of sp³-hybridized carbons (Fsp3) is 0.733. The second kappa shape index (κ2) is 7.31. The van der Waals surface area contributed by atoms with Gasteiger partial charge in [0.1, 0.15) is 0 Å². The zero-order chi connectivity index (χ0) is 13.5. The van der Waals surface area contributed by atoms with E-state index in [0.717, 1.165) is 5.92 Å². The van der Waals surface area contributed by atoms with E-state index in [2.05, 4.69) is 22.2 Å². The first-order valence-electron chi connectivity index (χ1n) is 7.54. The predicted molar refractivity (Wildman–Crippen MR) is 77.5 cm³/mol. The van der Waals surface area contributed by atoms with Crippen LogP contribution in [0.4, 0.5) is 5.95 Å². The van der Waals surface area contributed by atoms with Crippen molar-refractivity contribution in [1.29, 1.82) is 0 Å². The van der Waals surface area contributed by atoms with Gasteiger partial charge in [0.15, 0.2) is 0 Å². The molecule has 0 unspecified atom stereocenters. The highest BCUT2D eigenvalue weighted by Gasteiger charge is 2.20. The molecule has 106 valence electrons. The summed E-state index contributed by atoms with van der Waals surface area (Å²) in [5.74, 6) is 2.28. The van der Waals surface area contributed by atoms with Gasteiger partial charge in [-0.3, -0.25) is 0 Å². The van der Waals surface area contributed by atoms with Gasteiger partial charge < -0.3 is 10.1 Å². The molecule has 2 rings (SSSR count). The van der Waals surface area contributed by atoms with Crippen molar-refractivity contribution in [3.8, 4) is 5.88 Å². The highest BCUT2D eigenvalue weighted by Crippen LogP contribution is 2.29. The second-order valence-corrected chi connectivity index (χ2v) is 5.30. The Morgan fingerprint density at radius 2 is 2.05 bits per heavy atom. The SMILES string of the molecule is CCCC1CCC(Nc2nccc(OCC)n2)CC1. The number of nitrogens with zero attached hydrogens (tertiary/aromatic N) is 2. The lowest BCUT2D eigenvalue weighted by molar-refractivity contribution is 0.316. The van der Waals surface area contributed by atoms with Gasteiger partial charge in [0.2, 0.25) is 11.8 Å². The lowest BCUT2D eigenvalue weighted by Gasteiger charge is -2.28. The molecule has 0 saturated heterocycles. The van der Waals surface area contributed by atoms with Crippen molar-refractivity contribution in [1.82, 2.24) is 9.97 Å². The minimum Gasteiger partial charge on any atom is -0.478 e. The summed E-state index contributed by atoms with van der Waals surface area (Å²) in [6.07, 6.45) is 9.56. The average Bonchev–Trinajstić information content (AvgIpc) is 2.42. The zero-order valence-corrected chi connectivity index (χ0v) is 12.1. The molecule has 1 heterocycles. The molecule has 0 amide bonds. The van der Waals surface area contributed by atoms with Gasteiger partial charge in [0.25, 0.3) is 0 Å². The number of ether oxygens (including phenoxy) is 1. The van der Waals surface area contributed by atoms with Gasteiger partial charge in [0.05, 0.1) is 6.61 Å². The largest absolute Gasteiger partial charge is 0.478 e. The molecule has 1 aliphatic carbocycles. The van der Waals surface area contributed by atoms with Crippen molar-refractivity contribution in [3.05, 3.63) is 12.3 Å². The first-order chi connectivity index (χ1) is 9.31. The van der Waals surface area contributed by atoms with Crippen LogP contribution in [0.5, 0.6) is 5.88 Å². The van der Waals surface area contributed by atoms with Crippen molar-refractivity contribution in [2.45, 2.75) is 58.4 Å². The Hall–Kier alpha value is -1.32. The Morgan fingerprint density at radius 3 is 2.74 bits per heavy atom. The quantitative estimate of drug-likeness (QED) is 0.851. The Balaban J connectivity index is 1.83. The van der Waals surface area contributed by atoms with E-state index in [-0.39, 0.29) is 0 Å². The van der Waals surface area contributed by atoms with E-state index in [0.29, 0.717) is 24.5 Å². The van der Waals surface area contributed by atoms with Crippen LogP contribution < -0.4 is 10.1 Å². The molecule has 4 nitrogen and oxygen atoms in total. The van der Waals surface area contributed by atoms with E-state index in [9.17, 15) is 0 Å². The van der Waals surface area contributed by atoms with Crippen molar-refractivity contribution in [3.63, 3.8) is 0 Å². The third-order valence-corrected chi connectivity index (χ3v) is 3.80. The van der Waals surface area contributed by atoms with Crippen LogP contribution in [0.3, 0.4) is 0 Å². The summed E-state index contributed by atoms with van der Waals surface area (Å²) in [6.45, 7) is 4.88. The van der Waals surface area contributed by atoms with E-state index >= 15 is 0 Å². The van der Waals surface area contributed by atoms with Crippen LogP contribution in [0.15, 0.2) is 12.3 Å². The molecule has 0 atom stereocenters. The van der Waals surface area contributed by atoms with Crippen molar-refractivity contribution in [2.24, 2.45) is 5.92 Å². The maximum atomic E-state index is 5.39. The number of nitrogens with one attached hydrogen (secondary N) is 1. The summed E-state index contributed by atoms with van der Waals surface area (Å²) in [6, 6.07) is 2.32. The van der Waals surface area contributed by atoms with Gasteiger partial charge in [-0.1, -0.05) is 19.8 Å². The average molecular weight is 263 g/mol. The third kappa shape index (κ3) is 4.37. The minimum absolute atomic E-state index is 0.519. The monoisotopic (exact) mass is 263 g/mol. The van der Waals surface area contributed by atoms with Crippen LogP contribution in [-0.2, 0) is 0 Å². The summed E-state index contributed by atoms with van der Waals surface area (Å²) in [4.78, 5) is 8.64. The fourth-order valence-electron chi connectivity index (χ4n) is 2.83. The molecule has 0 bridgehead atoms. The number of rotatable bonds is 6. The summed E-state index contributed by atoms with van der Waals surface area (Å²) in [5, 5.41) is 3.44. The van der Waals surface area contributed by atoms with Crippen LogP contribution in [-0.4, -0.2) is 22.6 Å². The maximum absolute atomic E-state index is 5.39. The van der Waals surface area contributed by atoms with Gasteiger partial charge in [-0.05, 0) is 38.5 Å². The highest BCUT2D eigenvalue weighted by molar-refractivity contribution is 5.28. The van der Waals surface area contributed by atoms with Gasteiger partial charge >= 0.3 is 0 Å². The van der Waals surface area contributed by atoms with Crippen molar-refractivity contribution in [2.75, 3.05) is 11.9 Å². The highest BCUT2D eigenvalue weighted by atomic mass is 16.5. The second-order valence-electron chi connectivity index (χ2n) is 5.30. The summed E-state index contributed by atoms with van der Waals surface area (Å²) < 4.78 is 5.39. The molecule has 1 aromatic heterocycles. The molecule has 1 aliphatic rings. The van der Waals surface area contributed by atoms with E-state index in [1.54, 1.807) is 12.3 Å². The zero-order valence-electron chi connectivity index (χ0n) is 12.1. The molecule has 0 aromatic carbocycles. The number of hydrogen-bond acceptors (Lipinski definition) is 4. The summed E-state index contributed by atoms with van der Waals surface area (Å²) >= 11 is 0. The van der Waals surface area contributed by atoms with Crippen LogP contribution >= 0.6 is 0 Å². The van der Waals surface area contributed by atoms with Crippen LogP contribution in [0.25, 0.3) is 0 Å². The van der Waals surface area contributed by atoms with Gasteiger partial charge in [-0.15, -0.1) is 0 Å². The van der Waals surface area contributed by atoms with Gasteiger partial charge in [-0.25, -0.2) is 4.98 Å². The van der Waals surface area contributed by atoms with Crippen LogP contribution in [0, 0.1) is 5.92 Å². The topological polar surface area (TPSA) is 47.0 Å². The van der Waals surface area contributed by atoms with Crippen LogP contribution in [0.2, 0.25) is 0 Å². The molecule has 0 spiro atoms. The predicted octanol–water partition coefficient (Wildman–Crippen LogP) is 3.65. The Labute approximate surface area is 116 Å². The van der Waals surface area contributed by atoms with E-state index < -0.39 is 0 Å². The Bertz CT molecular complexity index is 375. The molecular formula is C15H25N3O. The Kier molecular flexibility index (Phi) is 5.43. The van der Waals surface area contributed by atoms with Crippen LogP contribution in [0.1, 0.15) is 52.4 Å². The lowest BCUT2D eigenvalue weighted by atomic mass is 9.83. The number of hydrogen-bond donors (Lipinski definition) is 1. The van der Waals surface area contributed by atoms with Crippen molar-refractivity contribution < 1.29 is 4.74 Å². The molecule has 0 aliphatic heterocycles. The normalized spacial score (nSPS) is 23.1. The maximum Gasteiger partial charge on any atom is 0.226 e. The first-order valence-corrected chi connectivity index (χ1v) is 7.54. The van der Waals surface area contributed by atoms with Gasteiger partial charge in [0, 0.05) is 18.3 Å². The lowest BCUT2D eigenvalue weighted by Crippen LogP contribution is -2.27. The molecular weight excluding hydrogens is 238 g/mol. The summed E-state index contributed by atoms with van der Waals surface area (Å²) in [7, 11) is 0. The smallest absolute Gasteiger partial charge is 0.226 e.